The summed E-state index contributed by atoms with van der Waals surface area (Å²) in [5, 5.41) is 12.2. The summed E-state index contributed by atoms with van der Waals surface area (Å²) in [5.41, 5.74) is 0. The van der Waals surface area contributed by atoms with Crippen molar-refractivity contribution in [1.29, 1.82) is 0 Å². The van der Waals surface area contributed by atoms with Gasteiger partial charge >= 0.3 is 0 Å². The maximum atomic E-state index is 11.8. The molecule has 0 radical (unpaired) electrons. The number of hydrogen-bond acceptors (Lipinski definition) is 3. The molecular formula is C12H24N2O2. The third kappa shape index (κ3) is 4.49. The van der Waals surface area contributed by atoms with Gasteiger partial charge in [0.15, 0.2) is 0 Å². The van der Waals surface area contributed by atoms with Crippen molar-refractivity contribution in [1.82, 2.24) is 10.2 Å². The van der Waals surface area contributed by atoms with E-state index >= 15 is 0 Å². The van der Waals surface area contributed by atoms with E-state index in [1.807, 2.05) is 6.92 Å². The number of aliphatic hydroxyl groups excluding tert-OH is 1. The lowest BCUT2D eigenvalue weighted by Crippen LogP contribution is -2.34. The van der Waals surface area contributed by atoms with Crippen LogP contribution in [0.4, 0.5) is 0 Å². The van der Waals surface area contributed by atoms with E-state index in [9.17, 15) is 4.79 Å². The van der Waals surface area contributed by atoms with Crippen LogP contribution >= 0.6 is 0 Å². The van der Waals surface area contributed by atoms with Crippen molar-refractivity contribution in [2.24, 2.45) is 5.92 Å². The van der Waals surface area contributed by atoms with Crippen LogP contribution in [0.1, 0.15) is 32.6 Å². The number of rotatable bonds is 6. The minimum absolute atomic E-state index is 0.0624. The molecule has 1 rings (SSSR count). The highest BCUT2D eigenvalue weighted by atomic mass is 16.3. The lowest BCUT2D eigenvalue weighted by Gasteiger charge is -2.24. The summed E-state index contributed by atoms with van der Waals surface area (Å²) in [6.07, 6.45) is 4.03. The molecule has 2 N–H and O–H groups in total. The quantitative estimate of drug-likeness (QED) is 0.700. The average Bonchev–Trinajstić information content (AvgIpc) is 2.34. The number of likely N-dealkylation sites (N-methyl/N-ethyl adjacent to an activating group) is 1. The summed E-state index contributed by atoms with van der Waals surface area (Å²) in [6, 6.07) is 0. The van der Waals surface area contributed by atoms with E-state index in [1.165, 1.54) is 12.8 Å². The van der Waals surface area contributed by atoms with Crippen LogP contribution in [0.25, 0.3) is 0 Å². The Balaban J connectivity index is 2.21. The van der Waals surface area contributed by atoms with Gasteiger partial charge in [0.05, 0.1) is 6.61 Å². The van der Waals surface area contributed by atoms with Gasteiger partial charge in [-0.1, -0.05) is 0 Å². The van der Waals surface area contributed by atoms with E-state index in [0.29, 0.717) is 25.4 Å². The largest absolute Gasteiger partial charge is 0.395 e. The second-order valence-electron chi connectivity index (χ2n) is 4.43. The van der Waals surface area contributed by atoms with Gasteiger partial charge in [0, 0.05) is 19.5 Å². The number of nitrogens with zero attached hydrogens (tertiary/aromatic N) is 1. The molecule has 0 saturated carbocycles. The Hall–Kier alpha value is -0.610. The zero-order valence-electron chi connectivity index (χ0n) is 10.2. The Kier molecular flexibility index (Phi) is 6.42. The van der Waals surface area contributed by atoms with Gasteiger partial charge < -0.3 is 15.3 Å². The van der Waals surface area contributed by atoms with Gasteiger partial charge in [-0.2, -0.15) is 0 Å². The summed E-state index contributed by atoms with van der Waals surface area (Å²) in [4.78, 5) is 13.5. The highest BCUT2D eigenvalue weighted by molar-refractivity contribution is 5.76. The first kappa shape index (κ1) is 13.5. The molecule has 16 heavy (non-hydrogen) atoms. The van der Waals surface area contributed by atoms with E-state index in [0.717, 1.165) is 19.5 Å². The predicted molar refractivity (Wildman–Crippen MR) is 64.2 cm³/mol. The van der Waals surface area contributed by atoms with Gasteiger partial charge in [-0.3, -0.25) is 4.79 Å². The van der Waals surface area contributed by atoms with E-state index in [-0.39, 0.29) is 12.5 Å². The molecule has 4 heteroatoms. The Bertz CT molecular complexity index is 203. The van der Waals surface area contributed by atoms with Gasteiger partial charge in [-0.25, -0.2) is 0 Å². The molecule has 4 nitrogen and oxygen atoms in total. The summed E-state index contributed by atoms with van der Waals surface area (Å²) in [5.74, 6) is 0.896. The van der Waals surface area contributed by atoms with Crippen LogP contribution in [0.5, 0.6) is 0 Å². The first-order chi connectivity index (χ1) is 7.77. The van der Waals surface area contributed by atoms with Gasteiger partial charge in [0.1, 0.15) is 0 Å². The Labute approximate surface area is 98.0 Å². The highest BCUT2D eigenvalue weighted by Crippen LogP contribution is 2.18. The van der Waals surface area contributed by atoms with Crippen LogP contribution in [-0.4, -0.2) is 48.7 Å². The lowest BCUT2D eigenvalue weighted by atomic mass is 9.93. The van der Waals surface area contributed by atoms with Crippen LogP contribution < -0.4 is 5.32 Å². The fourth-order valence-corrected chi connectivity index (χ4v) is 2.24. The molecule has 1 aliphatic rings. The third-order valence-electron chi connectivity index (χ3n) is 3.33. The van der Waals surface area contributed by atoms with Crippen LogP contribution in [0.2, 0.25) is 0 Å². The van der Waals surface area contributed by atoms with E-state index in [4.69, 9.17) is 5.11 Å². The van der Waals surface area contributed by atoms with Crippen molar-refractivity contribution < 1.29 is 9.90 Å². The number of carbonyl (C=O) groups is 1. The molecule has 1 heterocycles. The molecule has 0 aromatic heterocycles. The summed E-state index contributed by atoms with van der Waals surface area (Å²) in [6.45, 7) is 5.37. The number of carbonyl (C=O) groups excluding carboxylic acids is 1. The van der Waals surface area contributed by atoms with Crippen LogP contribution in [0, 0.1) is 5.92 Å². The molecule has 1 fully saturated rings. The smallest absolute Gasteiger partial charge is 0.222 e. The third-order valence-corrected chi connectivity index (χ3v) is 3.33. The Morgan fingerprint density at radius 1 is 1.44 bits per heavy atom. The minimum Gasteiger partial charge on any atom is -0.395 e. The molecular weight excluding hydrogens is 204 g/mol. The van der Waals surface area contributed by atoms with Crippen molar-refractivity contribution in [3.63, 3.8) is 0 Å². The monoisotopic (exact) mass is 228 g/mol. The molecule has 0 unspecified atom stereocenters. The van der Waals surface area contributed by atoms with Crippen molar-refractivity contribution in [2.75, 3.05) is 32.8 Å². The Morgan fingerprint density at radius 2 is 2.12 bits per heavy atom. The molecule has 0 aliphatic carbocycles. The second-order valence-corrected chi connectivity index (χ2v) is 4.43. The minimum atomic E-state index is 0.0624. The maximum Gasteiger partial charge on any atom is 0.222 e. The average molecular weight is 228 g/mol. The topological polar surface area (TPSA) is 52.6 Å². The molecule has 1 aliphatic heterocycles. The maximum absolute atomic E-state index is 11.8. The number of amides is 1. The van der Waals surface area contributed by atoms with E-state index in [2.05, 4.69) is 5.32 Å². The highest BCUT2D eigenvalue weighted by Gasteiger charge is 2.16. The van der Waals surface area contributed by atoms with Crippen molar-refractivity contribution >= 4 is 5.91 Å². The van der Waals surface area contributed by atoms with Crippen LogP contribution in [0.3, 0.4) is 0 Å². The fraction of sp³-hybridized carbons (Fsp3) is 0.917. The van der Waals surface area contributed by atoms with Crippen molar-refractivity contribution in [3.8, 4) is 0 Å². The zero-order chi connectivity index (χ0) is 11.8. The summed E-state index contributed by atoms with van der Waals surface area (Å²) in [7, 11) is 0. The van der Waals surface area contributed by atoms with Crippen LogP contribution in [0.15, 0.2) is 0 Å². The number of hydrogen-bond donors (Lipinski definition) is 2. The van der Waals surface area contributed by atoms with Gasteiger partial charge in [-0.05, 0) is 45.2 Å². The molecule has 1 saturated heterocycles. The van der Waals surface area contributed by atoms with Gasteiger partial charge in [0.2, 0.25) is 5.91 Å². The molecule has 0 bridgehead atoms. The molecule has 0 aromatic carbocycles. The summed E-state index contributed by atoms with van der Waals surface area (Å²) < 4.78 is 0. The first-order valence-electron chi connectivity index (χ1n) is 6.37. The van der Waals surface area contributed by atoms with Crippen molar-refractivity contribution in [2.45, 2.75) is 32.6 Å². The SMILES string of the molecule is CCN(CCO)C(=O)CCC1CCNCC1. The zero-order valence-corrected chi connectivity index (χ0v) is 10.2. The fourth-order valence-electron chi connectivity index (χ4n) is 2.24. The first-order valence-corrected chi connectivity index (χ1v) is 6.37. The predicted octanol–water partition coefficient (Wildman–Crippen LogP) is 0.607. The second kappa shape index (κ2) is 7.63. The number of piperidine rings is 1. The number of aliphatic hydroxyl groups is 1. The van der Waals surface area contributed by atoms with Crippen LogP contribution in [-0.2, 0) is 4.79 Å². The Morgan fingerprint density at radius 3 is 2.69 bits per heavy atom. The molecule has 0 spiro atoms. The van der Waals surface area contributed by atoms with Gasteiger partial charge in [-0.15, -0.1) is 0 Å². The molecule has 0 aromatic rings. The van der Waals surface area contributed by atoms with Crippen molar-refractivity contribution in [3.05, 3.63) is 0 Å². The summed E-state index contributed by atoms with van der Waals surface area (Å²) >= 11 is 0. The normalized spacial score (nSPS) is 17.4. The van der Waals surface area contributed by atoms with E-state index in [1.54, 1.807) is 4.90 Å². The molecule has 0 atom stereocenters. The molecule has 94 valence electrons. The standard InChI is InChI=1S/C12H24N2O2/c1-2-14(9-10-15)12(16)4-3-11-5-7-13-8-6-11/h11,13,15H,2-10H2,1H3. The number of nitrogens with one attached hydrogen (secondary N) is 1. The molecule has 1 amide bonds. The van der Waals surface area contributed by atoms with Gasteiger partial charge in [0.25, 0.3) is 0 Å². The van der Waals surface area contributed by atoms with E-state index < -0.39 is 0 Å². The lowest BCUT2D eigenvalue weighted by molar-refractivity contribution is -0.131.